The number of nitrogens with two attached hydrogens (primary N) is 1. The Hall–Kier alpha value is -3.70. The van der Waals surface area contributed by atoms with Crippen LogP contribution in [0.5, 0.6) is 28.7 Å². The van der Waals surface area contributed by atoms with Crippen molar-refractivity contribution in [2.24, 2.45) is 17.6 Å². The number of aromatic hydroxyl groups is 1. The normalized spacial score (nSPS) is 20.6. The standard InChI is InChI=1S/C37H53N3O8/c1-44-30-18-24(19-31(45-2)36(30)42)33-25-20-28-29(48-23-47-28)21-26(25)35(27-22-46-37(43)34(27)33)40-32(41)14-10-6-9-13-17-39-16-12-8-5-3-4-7-11-15-38/h18-21,27,33-35,39,42H,3-17,22-23,38H2,1-2H3,(H,40,41)/t27-,33?,34?,35+/m0/s1. The summed E-state index contributed by atoms with van der Waals surface area (Å²) >= 11 is 0. The number of esters is 1. The van der Waals surface area contributed by atoms with E-state index in [9.17, 15) is 14.7 Å². The van der Waals surface area contributed by atoms with Gasteiger partial charge in [-0.05, 0) is 86.3 Å². The van der Waals surface area contributed by atoms with Crippen molar-refractivity contribution in [1.29, 1.82) is 0 Å². The number of fused-ring (bicyclic) bond motifs is 3. The first-order valence-corrected chi connectivity index (χ1v) is 17.7. The van der Waals surface area contributed by atoms with Crippen molar-refractivity contribution in [1.82, 2.24) is 10.6 Å². The third kappa shape index (κ3) is 8.47. The van der Waals surface area contributed by atoms with Gasteiger partial charge in [0.25, 0.3) is 0 Å². The number of methoxy groups -OCH3 is 2. The molecule has 0 radical (unpaired) electrons. The predicted octanol–water partition coefficient (Wildman–Crippen LogP) is 5.46. The molecule has 264 valence electrons. The summed E-state index contributed by atoms with van der Waals surface area (Å²) in [5.74, 6) is -0.164. The van der Waals surface area contributed by atoms with Gasteiger partial charge in [-0.3, -0.25) is 9.59 Å². The number of rotatable bonds is 20. The summed E-state index contributed by atoms with van der Waals surface area (Å²) in [4.78, 5) is 26.7. The van der Waals surface area contributed by atoms with Gasteiger partial charge in [-0.25, -0.2) is 0 Å². The molecule has 11 nitrogen and oxygen atoms in total. The van der Waals surface area contributed by atoms with Gasteiger partial charge in [-0.15, -0.1) is 0 Å². The minimum absolute atomic E-state index is 0.0470. The van der Waals surface area contributed by atoms with Crippen molar-refractivity contribution in [2.45, 2.75) is 89.0 Å². The third-order valence-corrected chi connectivity index (χ3v) is 9.93. The molecule has 11 heteroatoms. The number of carbonyl (C=O) groups excluding carboxylic acids is 2. The number of phenolic OH excluding ortho intramolecular Hbond substituents is 1. The number of hydrogen-bond acceptors (Lipinski definition) is 10. The van der Waals surface area contributed by atoms with Crippen LogP contribution in [0.25, 0.3) is 0 Å². The second kappa shape index (κ2) is 17.6. The summed E-state index contributed by atoms with van der Waals surface area (Å²) in [6.07, 6.45) is 13.2. The van der Waals surface area contributed by atoms with E-state index in [0.717, 1.165) is 68.4 Å². The van der Waals surface area contributed by atoms with Crippen LogP contribution in [0.15, 0.2) is 24.3 Å². The number of amides is 1. The van der Waals surface area contributed by atoms with E-state index in [0.29, 0.717) is 17.9 Å². The molecule has 2 aromatic rings. The maximum absolute atomic E-state index is 13.4. The molecule has 5 rings (SSSR count). The second-order valence-electron chi connectivity index (χ2n) is 13.1. The van der Waals surface area contributed by atoms with E-state index in [1.165, 1.54) is 52.7 Å². The van der Waals surface area contributed by atoms with E-state index in [-0.39, 0.29) is 48.4 Å². The number of phenols is 1. The first-order chi connectivity index (χ1) is 23.5. The molecule has 1 fully saturated rings. The van der Waals surface area contributed by atoms with Gasteiger partial charge < -0.3 is 45.2 Å². The van der Waals surface area contributed by atoms with Crippen molar-refractivity contribution in [3.63, 3.8) is 0 Å². The van der Waals surface area contributed by atoms with E-state index >= 15 is 0 Å². The van der Waals surface area contributed by atoms with Crippen molar-refractivity contribution in [3.8, 4) is 28.7 Å². The lowest BCUT2D eigenvalue weighted by Gasteiger charge is -2.39. The summed E-state index contributed by atoms with van der Waals surface area (Å²) < 4.78 is 28.0. The van der Waals surface area contributed by atoms with Crippen molar-refractivity contribution in [2.75, 3.05) is 47.3 Å². The highest BCUT2D eigenvalue weighted by atomic mass is 16.7. The largest absolute Gasteiger partial charge is 0.502 e. The maximum Gasteiger partial charge on any atom is 0.310 e. The summed E-state index contributed by atoms with van der Waals surface area (Å²) in [6.45, 7) is 3.17. The van der Waals surface area contributed by atoms with E-state index in [4.69, 9.17) is 29.4 Å². The number of nitrogens with one attached hydrogen (secondary N) is 2. The second-order valence-corrected chi connectivity index (χ2v) is 13.1. The maximum atomic E-state index is 13.4. The Morgan fingerprint density at radius 2 is 1.42 bits per heavy atom. The van der Waals surface area contributed by atoms with Crippen LogP contribution < -0.4 is 35.3 Å². The molecule has 4 atom stereocenters. The molecular weight excluding hydrogens is 614 g/mol. The summed E-state index contributed by atoms with van der Waals surface area (Å²) in [6, 6.07) is 6.82. The van der Waals surface area contributed by atoms with Crippen molar-refractivity contribution >= 4 is 11.9 Å². The van der Waals surface area contributed by atoms with Crippen LogP contribution in [0.4, 0.5) is 0 Å². The van der Waals surface area contributed by atoms with Gasteiger partial charge in [0.1, 0.15) is 0 Å². The highest BCUT2D eigenvalue weighted by Gasteiger charge is 2.53. The van der Waals surface area contributed by atoms with Gasteiger partial charge in [0.05, 0.1) is 32.8 Å². The molecule has 1 aliphatic carbocycles. The van der Waals surface area contributed by atoms with Crippen LogP contribution in [0, 0.1) is 11.8 Å². The Morgan fingerprint density at radius 1 is 0.833 bits per heavy atom. The lowest BCUT2D eigenvalue weighted by atomic mass is 9.65. The van der Waals surface area contributed by atoms with Gasteiger partial charge in [0.2, 0.25) is 18.4 Å². The lowest BCUT2D eigenvalue weighted by molar-refractivity contribution is -0.141. The molecule has 1 amide bonds. The van der Waals surface area contributed by atoms with Gasteiger partial charge >= 0.3 is 5.97 Å². The van der Waals surface area contributed by atoms with E-state index in [1.54, 1.807) is 12.1 Å². The fourth-order valence-corrected chi connectivity index (χ4v) is 7.38. The van der Waals surface area contributed by atoms with E-state index < -0.39 is 17.9 Å². The van der Waals surface area contributed by atoms with Gasteiger partial charge in [0.15, 0.2) is 23.0 Å². The van der Waals surface area contributed by atoms with Crippen LogP contribution in [0.1, 0.15) is 106 Å². The van der Waals surface area contributed by atoms with Crippen LogP contribution in [-0.4, -0.2) is 64.2 Å². The quantitative estimate of drug-likeness (QED) is 0.106. The Morgan fingerprint density at radius 3 is 2.04 bits per heavy atom. The number of cyclic esters (lactones) is 1. The highest BCUT2D eigenvalue weighted by Crippen LogP contribution is 2.55. The number of benzene rings is 2. The van der Waals surface area contributed by atoms with Gasteiger partial charge in [-0.1, -0.05) is 44.9 Å². The number of ether oxygens (including phenoxy) is 5. The molecule has 0 spiro atoms. The van der Waals surface area contributed by atoms with Gasteiger partial charge in [-0.2, -0.15) is 0 Å². The fourth-order valence-electron chi connectivity index (χ4n) is 7.38. The van der Waals surface area contributed by atoms with Crippen molar-refractivity contribution in [3.05, 3.63) is 41.0 Å². The zero-order valence-electron chi connectivity index (χ0n) is 28.5. The Bertz CT molecular complexity index is 1360. The molecule has 2 aliphatic heterocycles. The van der Waals surface area contributed by atoms with Crippen molar-refractivity contribution < 1.29 is 38.4 Å². The molecule has 3 aliphatic rings. The predicted molar refractivity (Wildman–Crippen MR) is 182 cm³/mol. The molecule has 0 aromatic heterocycles. The van der Waals surface area contributed by atoms with Gasteiger partial charge in [0, 0.05) is 18.3 Å². The van der Waals surface area contributed by atoms with E-state index in [2.05, 4.69) is 10.6 Å². The van der Waals surface area contributed by atoms with E-state index in [1.807, 2.05) is 12.1 Å². The molecule has 2 heterocycles. The molecule has 0 bridgehead atoms. The monoisotopic (exact) mass is 667 g/mol. The summed E-state index contributed by atoms with van der Waals surface area (Å²) in [7, 11) is 2.94. The number of hydrogen-bond donors (Lipinski definition) is 4. The summed E-state index contributed by atoms with van der Waals surface area (Å²) in [5, 5.41) is 17.4. The topological polar surface area (TPSA) is 151 Å². The van der Waals surface area contributed by atoms with Crippen LogP contribution in [-0.2, 0) is 14.3 Å². The smallest absolute Gasteiger partial charge is 0.310 e. The average Bonchev–Trinajstić information content (AvgIpc) is 3.72. The molecule has 48 heavy (non-hydrogen) atoms. The van der Waals surface area contributed by atoms with Crippen LogP contribution in [0.2, 0.25) is 0 Å². The molecular formula is C37H53N3O8. The number of carbonyl (C=O) groups is 2. The molecule has 1 saturated heterocycles. The minimum atomic E-state index is -0.573. The molecule has 0 saturated carbocycles. The highest BCUT2D eigenvalue weighted by molar-refractivity contribution is 5.81. The Labute approximate surface area is 284 Å². The zero-order valence-corrected chi connectivity index (χ0v) is 28.5. The summed E-state index contributed by atoms with van der Waals surface area (Å²) in [5.41, 5.74) is 7.97. The molecule has 2 aromatic carbocycles. The average molecular weight is 668 g/mol. The molecule has 2 unspecified atom stereocenters. The number of unbranched alkanes of at least 4 members (excludes halogenated alkanes) is 9. The first-order valence-electron chi connectivity index (χ1n) is 17.7. The Kier molecular flexibility index (Phi) is 13.1. The SMILES string of the molecule is COc1cc(C2c3cc4c(cc3[C@@H](NC(=O)CCCCCCNCCCCCCCCCN)[C@H]3COC(=O)C23)OCO4)cc(OC)c1O. The lowest BCUT2D eigenvalue weighted by Crippen LogP contribution is -2.42. The fraction of sp³-hybridized carbons (Fsp3) is 0.622. The van der Waals surface area contributed by atoms with Crippen LogP contribution >= 0.6 is 0 Å². The van der Waals surface area contributed by atoms with Crippen LogP contribution in [0.3, 0.4) is 0 Å². The Balaban J connectivity index is 1.17. The third-order valence-electron chi connectivity index (χ3n) is 9.93. The minimum Gasteiger partial charge on any atom is -0.502 e. The first kappa shape index (κ1) is 35.6. The zero-order chi connectivity index (χ0) is 33.9. The molecule has 5 N–H and O–H groups in total.